The molecular formula is C18H23N7O. The fraction of sp³-hybridized carbons (Fsp3) is 0.500. The van der Waals surface area contributed by atoms with Crippen LogP contribution in [-0.2, 0) is 0 Å². The summed E-state index contributed by atoms with van der Waals surface area (Å²) < 4.78 is 0. The van der Waals surface area contributed by atoms with E-state index in [-0.39, 0.29) is 11.9 Å². The molecule has 0 radical (unpaired) electrons. The summed E-state index contributed by atoms with van der Waals surface area (Å²) in [6, 6.07) is -0.0693. The lowest BCUT2D eigenvalue weighted by Crippen LogP contribution is -2.32. The topological polar surface area (TPSA) is 87.1 Å². The minimum Gasteiger partial charge on any atom is -0.346 e. The summed E-state index contributed by atoms with van der Waals surface area (Å²) in [5, 5.41) is 3.18. The zero-order valence-electron chi connectivity index (χ0n) is 15.0. The van der Waals surface area contributed by atoms with Gasteiger partial charge in [-0.05, 0) is 25.8 Å². The molecule has 1 amide bonds. The van der Waals surface area contributed by atoms with Gasteiger partial charge in [0.2, 0.25) is 5.95 Å². The van der Waals surface area contributed by atoms with Crippen LogP contribution in [0.4, 0.5) is 5.95 Å². The number of aromatic nitrogens is 4. The maximum Gasteiger partial charge on any atom is 0.257 e. The molecule has 3 atom stereocenters. The average Bonchev–Trinajstić information content (AvgIpc) is 3.20. The number of carbonyl (C=O) groups excluding carboxylic acids is 1. The minimum atomic E-state index is -0.0693. The number of carbonyl (C=O) groups is 1. The second-order valence-electron chi connectivity index (χ2n) is 7.24. The SMILES string of the molecule is C[C@H](Nc1ncc(C(=O)N2CC3CN(C)CC3C2)cn1)c1cnccn1. The standard InChI is InChI=1S/C18H23N7O/c1-12(16-7-19-3-4-20-16)23-18-21-5-13(6-22-18)17(26)25-10-14-8-24(2)9-15(14)11-25/h3-7,12,14-15H,8-11H2,1-2H3,(H,21,22,23)/t12-,14?,15?/m0/s1. The molecule has 1 N–H and O–H groups in total. The lowest BCUT2D eigenvalue weighted by molar-refractivity contribution is 0.0775. The van der Waals surface area contributed by atoms with Gasteiger partial charge in [0.25, 0.3) is 5.91 Å². The number of fused-ring (bicyclic) bond motifs is 1. The molecule has 4 rings (SSSR count). The van der Waals surface area contributed by atoms with Crippen molar-refractivity contribution in [3.05, 3.63) is 42.2 Å². The van der Waals surface area contributed by atoms with Gasteiger partial charge >= 0.3 is 0 Å². The highest BCUT2D eigenvalue weighted by Crippen LogP contribution is 2.30. The third-order valence-electron chi connectivity index (χ3n) is 5.23. The molecule has 0 spiro atoms. The van der Waals surface area contributed by atoms with Crippen LogP contribution in [-0.4, -0.2) is 68.9 Å². The zero-order valence-corrected chi connectivity index (χ0v) is 15.0. The molecule has 2 aromatic rings. The summed E-state index contributed by atoms with van der Waals surface area (Å²) in [7, 11) is 2.14. The van der Waals surface area contributed by atoms with Crippen molar-refractivity contribution in [3.63, 3.8) is 0 Å². The molecule has 136 valence electrons. The van der Waals surface area contributed by atoms with Crippen molar-refractivity contribution in [3.8, 4) is 0 Å². The van der Waals surface area contributed by atoms with E-state index in [9.17, 15) is 4.79 Å². The van der Waals surface area contributed by atoms with Crippen molar-refractivity contribution in [1.29, 1.82) is 0 Å². The van der Waals surface area contributed by atoms with Gasteiger partial charge in [0.05, 0.1) is 23.5 Å². The molecule has 2 fully saturated rings. The van der Waals surface area contributed by atoms with Crippen LogP contribution < -0.4 is 5.32 Å². The van der Waals surface area contributed by atoms with Crippen LogP contribution >= 0.6 is 0 Å². The molecule has 4 heterocycles. The van der Waals surface area contributed by atoms with Crippen molar-refractivity contribution in [2.24, 2.45) is 11.8 Å². The number of rotatable bonds is 4. The van der Waals surface area contributed by atoms with E-state index in [1.807, 2.05) is 11.8 Å². The first kappa shape index (κ1) is 16.8. The normalized spacial score (nSPS) is 23.7. The van der Waals surface area contributed by atoms with Crippen molar-refractivity contribution in [2.75, 3.05) is 38.5 Å². The fourth-order valence-electron chi connectivity index (χ4n) is 3.89. The molecule has 2 aromatic heterocycles. The van der Waals surface area contributed by atoms with E-state index in [0.29, 0.717) is 23.3 Å². The molecule has 8 heteroatoms. The zero-order chi connectivity index (χ0) is 18.1. The van der Waals surface area contributed by atoms with Gasteiger partial charge in [0.15, 0.2) is 0 Å². The van der Waals surface area contributed by atoms with Crippen LogP contribution in [0.25, 0.3) is 0 Å². The Labute approximate surface area is 152 Å². The Morgan fingerprint density at radius 3 is 2.38 bits per heavy atom. The van der Waals surface area contributed by atoms with Gasteiger partial charge in [-0.15, -0.1) is 0 Å². The average molecular weight is 353 g/mol. The number of nitrogens with zero attached hydrogens (tertiary/aromatic N) is 6. The van der Waals surface area contributed by atoms with E-state index in [1.54, 1.807) is 31.0 Å². The van der Waals surface area contributed by atoms with E-state index in [0.717, 1.165) is 31.9 Å². The third kappa shape index (κ3) is 3.37. The number of amides is 1. The molecular weight excluding hydrogens is 330 g/mol. The Morgan fingerprint density at radius 2 is 1.77 bits per heavy atom. The van der Waals surface area contributed by atoms with Crippen LogP contribution in [0.3, 0.4) is 0 Å². The molecule has 2 unspecified atom stereocenters. The second-order valence-corrected chi connectivity index (χ2v) is 7.24. The predicted molar refractivity (Wildman–Crippen MR) is 96.5 cm³/mol. The third-order valence-corrected chi connectivity index (χ3v) is 5.23. The van der Waals surface area contributed by atoms with Crippen LogP contribution in [0.2, 0.25) is 0 Å². The molecule has 0 aliphatic carbocycles. The van der Waals surface area contributed by atoms with Crippen LogP contribution in [0.15, 0.2) is 31.0 Å². The second kappa shape index (κ2) is 6.95. The van der Waals surface area contributed by atoms with Crippen LogP contribution in [0.5, 0.6) is 0 Å². The number of nitrogens with one attached hydrogen (secondary N) is 1. The number of hydrogen-bond acceptors (Lipinski definition) is 7. The van der Waals surface area contributed by atoms with Crippen LogP contribution in [0, 0.1) is 11.8 Å². The number of anilines is 1. The van der Waals surface area contributed by atoms with E-state index in [2.05, 4.69) is 37.2 Å². The van der Waals surface area contributed by atoms with Crippen LogP contribution in [0.1, 0.15) is 29.0 Å². The quantitative estimate of drug-likeness (QED) is 0.880. The highest BCUT2D eigenvalue weighted by Gasteiger charge is 2.40. The van der Waals surface area contributed by atoms with Gasteiger partial charge in [-0.3, -0.25) is 14.8 Å². The minimum absolute atomic E-state index is 0.0237. The van der Waals surface area contributed by atoms with Crippen molar-refractivity contribution < 1.29 is 4.79 Å². The first-order valence-corrected chi connectivity index (χ1v) is 8.92. The number of hydrogen-bond donors (Lipinski definition) is 1. The Balaban J connectivity index is 1.38. The molecule has 0 saturated carbocycles. The first-order chi connectivity index (χ1) is 12.6. The summed E-state index contributed by atoms with van der Waals surface area (Å²) in [5.41, 5.74) is 1.35. The van der Waals surface area contributed by atoms with Crippen molar-refractivity contribution >= 4 is 11.9 Å². The van der Waals surface area contributed by atoms with Gasteiger partial charge in [-0.1, -0.05) is 0 Å². The van der Waals surface area contributed by atoms with E-state index in [1.165, 1.54) is 0 Å². The maximum atomic E-state index is 12.7. The van der Waals surface area contributed by atoms with Gasteiger partial charge < -0.3 is 15.1 Å². The summed E-state index contributed by atoms with van der Waals surface area (Å²) in [6.45, 7) is 5.78. The van der Waals surface area contributed by atoms with E-state index < -0.39 is 0 Å². The maximum absolute atomic E-state index is 12.7. The molecule has 8 nitrogen and oxygen atoms in total. The largest absolute Gasteiger partial charge is 0.346 e. The molecule has 26 heavy (non-hydrogen) atoms. The first-order valence-electron chi connectivity index (χ1n) is 8.92. The smallest absolute Gasteiger partial charge is 0.257 e. The highest BCUT2D eigenvalue weighted by molar-refractivity contribution is 5.94. The lowest BCUT2D eigenvalue weighted by Gasteiger charge is -2.19. The molecule has 2 aliphatic rings. The summed E-state index contributed by atoms with van der Waals surface area (Å²) in [4.78, 5) is 33.9. The summed E-state index contributed by atoms with van der Waals surface area (Å²) in [6.07, 6.45) is 8.19. The number of likely N-dealkylation sites (tertiary alicyclic amines) is 2. The van der Waals surface area contributed by atoms with Crippen molar-refractivity contribution in [2.45, 2.75) is 13.0 Å². The Hall–Kier alpha value is -2.61. The van der Waals surface area contributed by atoms with Gasteiger partial charge in [-0.25, -0.2) is 9.97 Å². The lowest BCUT2D eigenvalue weighted by atomic mass is 10.0. The Kier molecular flexibility index (Phi) is 4.50. The Morgan fingerprint density at radius 1 is 1.08 bits per heavy atom. The van der Waals surface area contributed by atoms with Gasteiger partial charge in [-0.2, -0.15) is 0 Å². The van der Waals surface area contributed by atoms with E-state index >= 15 is 0 Å². The van der Waals surface area contributed by atoms with Gasteiger partial charge in [0.1, 0.15) is 0 Å². The Bertz CT molecular complexity index is 753. The summed E-state index contributed by atoms with van der Waals surface area (Å²) in [5.74, 6) is 1.69. The van der Waals surface area contributed by atoms with E-state index in [4.69, 9.17) is 0 Å². The summed E-state index contributed by atoms with van der Waals surface area (Å²) >= 11 is 0. The molecule has 2 aliphatic heterocycles. The highest BCUT2D eigenvalue weighted by atomic mass is 16.2. The molecule has 0 bridgehead atoms. The van der Waals surface area contributed by atoms with Crippen molar-refractivity contribution in [1.82, 2.24) is 29.7 Å². The predicted octanol–water partition coefficient (Wildman–Crippen LogP) is 1.07. The van der Waals surface area contributed by atoms with Gasteiger partial charge in [0, 0.05) is 51.0 Å². The molecule has 0 aromatic carbocycles. The monoisotopic (exact) mass is 353 g/mol. The fourth-order valence-corrected chi connectivity index (χ4v) is 3.89. The molecule has 2 saturated heterocycles.